The Morgan fingerprint density at radius 3 is 2.46 bits per heavy atom. The lowest BCUT2D eigenvalue weighted by Gasteiger charge is -2.35. The van der Waals surface area contributed by atoms with Gasteiger partial charge in [-0.3, -0.25) is 0 Å². The minimum Gasteiger partial charge on any atom is -0.460 e. The van der Waals surface area contributed by atoms with Crippen molar-refractivity contribution in [1.29, 1.82) is 0 Å². The Balaban J connectivity index is 2.28. The highest BCUT2D eigenvalue weighted by Gasteiger charge is 2.33. The van der Waals surface area contributed by atoms with Crippen LogP contribution in [0.5, 0.6) is 0 Å². The Morgan fingerprint density at radius 2 is 1.89 bits per heavy atom. The number of benzene rings is 1. The molecule has 152 valence electrons. The molecule has 0 saturated carbocycles. The SMILES string of the molecule is COCCOC(=O)C1=C(C)N(C)C(=S)NC1c1ccc(NC(=O)N(C)C)cc1. The standard InChI is InChI=1S/C19H26N4O4S/c1-12-15(17(24)27-11-10-26-5)16(21-19(28)23(12)4)13-6-8-14(9-7-13)20-18(25)22(2)3/h6-9,16H,10-11H2,1-5H3,(H,20,25)(H,21,28). The molecular formula is C19H26N4O4S. The molecule has 0 aliphatic carbocycles. The predicted octanol–water partition coefficient (Wildman–Crippen LogP) is 2.10. The zero-order valence-electron chi connectivity index (χ0n) is 16.7. The second kappa shape index (κ2) is 9.52. The predicted molar refractivity (Wildman–Crippen MR) is 111 cm³/mol. The van der Waals surface area contributed by atoms with Gasteiger partial charge in [0.15, 0.2) is 5.11 Å². The van der Waals surface area contributed by atoms with E-state index >= 15 is 0 Å². The normalized spacial score (nSPS) is 16.5. The summed E-state index contributed by atoms with van der Waals surface area (Å²) in [4.78, 5) is 27.7. The summed E-state index contributed by atoms with van der Waals surface area (Å²) in [6.45, 7) is 2.33. The van der Waals surface area contributed by atoms with Crippen LogP contribution in [0.4, 0.5) is 10.5 Å². The molecule has 8 nitrogen and oxygen atoms in total. The summed E-state index contributed by atoms with van der Waals surface area (Å²) in [5.74, 6) is -0.425. The van der Waals surface area contributed by atoms with Gasteiger partial charge in [-0.2, -0.15) is 0 Å². The third kappa shape index (κ3) is 4.99. The molecule has 0 radical (unpaired) electrons. The van der Waals surface area contributed by atoms with Gasteiger partial charge in [-0.05, 0) is 36.8 Å². The highest BCUT2D eigenvalue weighted by molar-refractivity contribution is 7.80. The number of nitrogens with zero attached hydrogens (tertiary/aromatic N) is 2. The molecule has 1 aliphatic heterocycles. The molecule has 1 atom stereocenters. The fourth-order valence-electron chi connectivity index (χ4n) is 2.64. The molecule has 28 heavy (non-hydrogen) atoms. The van der Waals surface area contributed by atoms with E-state index in [2.05, 4.69) is 10.6 Å². The number of allylic oxidation sites excluding steroid dienone is 1. The van der Waals surface area contributed by atoms with Gasteiger partial charge in [-0.15, -0.1) is 0 Å². The van der Waals surface area contributed by atoms with Crippen molar-refractivity contribution in [2.24, 2.45) is 0 Å². The van der Waals surface area contributed by atoms with Gasteiger partial charge in [0, 0.05) is 39.6 Å². The Kier molecular flexibility index (Phi) is 7.36. The molecule has 0 aromatic heterocycles. The molecule has 1 aliphatic rings. The molecule has 1 aromatic carbocycles. The first-order chi connectivity index (χ1) is 13.3. The van der Waals surface area contributed by atoms with E-state index < -0.39 is 12.0 Å². The van der Waals surface area contributed by atoms with Crippen LogP contribution in [0.2, 0.25) is 0 Å². The van der Waals surface area contributed by atoms with Crippen molar-refractivity contribution in [2.75, 3.05) is 46.8 Å². The molecule has 2 amide bonds. The van der Waals surface area contributed by atoms with Gasteiger partial charge < -0.3 is 29.9 Å². The summed E-state index contributed by atoms with van der Waals surface area (Å²) in [6.07, 6.45) is 0. The smallest absolute Gasteiger partial charge is 0.338 e. The van der Waals surface area contributed by atoms with E-state index in [1.54, 1.807) is 45.3 Å². The van der Waals surface area contributed by atoms with E-state index in [1.807, 2.05) is 19.1 Å². The molecule has 0 spiro atoms. The first kappa shape index (κ1) is 21.6. The molecule has 1 unspecified atom stereocenters. The van der Waals surface area contributed by atoms with Gasteiger partial charge in [0.1, 0.15) is 6.61 Å². The number of ether oxygens (including phenoxy) is 2. The minimum absolute atomic E-state index is 0.169. The van der Waals surface area contributed by atoms with E-state index in [0.29, 0.717) is 23.0 Å². The number of hydrogen-bond donors (Lipinski definition) is 2. The van der Waals surface area contributed by atoms with E-state index in [4.69, 9.17) is 21.7 Å². The van der Waals surface area contributed by atoms with Gasteiger partial charge in [0.2, 0.25) is 0 Å². The van der Waals surface area contributed by atoms with E-state index in [1.165, 1.54) is 4.90 Å². The summed E-state index contributed by atoms with van der Waals surface area (Å²) in [5, 5.41) is 6.48. The van der Waals surface area contributed by atoms with E-state index in [-0.39, 0.29) is 12.6 Å². The third-order valence-electron chi connectivity index (χ3n) is 4.40. The Labute approximate surface area is 170 Å². The maximum Gasteiger partial charge on any atom is 0.338 e. The zero-order chi connectivity index (χ0) is 20.8. The number of anilines is 1. The summed E-state index contributed by atoms with van der Waals surface area (Å²) in [5.41, 5.74) is 2.69. The van der Waals surface area contributed by atoms with Crippen LogP contribution in [0.25, 0.3) is 0 Å². The van der Waals surface area contributed by atoms with Crippen LogP contribution in [0.1, 0.15) is 18.5 Å². The molecule has 0 saturated heterocycles. The molecule has 0 bridgehead atoms. The van der Waals surface area contributed by atoms with Crippen molar-refractivity contribution >= 4 is 35.0 Å². The van der Waals surface area contributed by atoms with Crippen LogP contribution >= 0.6 is 12.2 Å². The molecular weight excluding hydrogens is 380 g/mol. The monoisotopic (exact) mass is 406 g/mol. The average molecular weight is 407 g/mol. The largest absolute Gasteiger partial charge is 0.460 e. The molecule has 1 aromatic rings. The summed E-state index contributed by atoms with van der Waals surface area (Å²) >= 11 is 5.39. The molecule has 9 heteroatoms. The van der Waals surface area contributed by atoms with Crippen LogP contribution in [-0.2, 0) is 14.3 Å². The van der Waals surface area contributed by atoms with E-state index in [0.717, 1.165) is 11.3 Å². The lowest BCUT2D eigenvalue weighted by Crippen LogP contribution is -2.46. The first-order valence-corrected chi connectivity index (χ1v) is 9.16. The van der Waals surface area contributed by atoms with Crippen LogP contribution < -0.4 is 10.6 Å². The van der Waals surface area contributed by atoms with Crippen molar-refractivity contribution in [2.45, 2.75) is 13.0 Å². The summed E-state index contributed by atoms with van der Waals surface area (Å²) in [6, 6.07) is 6.58. The average Bonchev–Trinajstić information content (AvgIpc) is 2.66. The highest BCUT2D eigenvalue weighted by atomic mass is 32.1. The number of thiocarbonyl (C=S) groups is 1. The third-order valence-corrected chi connectivity index (χ3v) is 4.79. The fourth-order valence-corrected chi connectivity index (χ4v) is 2.89. The van der Waals surface area contributed by atoms with Crippen LogP contribution in [0, 0.1) is 0 Å². The molecule has 2 rings (SSSR count). The van der Waals surface area contributed by atoms with Crippen molar-refractivity contribution in [3.63, 3.8) is 0 Å². The number of methoxy groups -OCH3 is 1. The van der Waals surface area contributed by atoms with Crippen LogP contribution in [-0.4, -0.2) is 68.4 Å². The second-order valence-corrected chi connectivity index (χ2v) is 6.90. The van der Waals surface area contributed by atoms with Gasteiger partial charge >= 0.3 is 12.0 Å². The lowest BCUT2D eigenvalue weighted by molar-refractivity contribution is -0.140. The number of rotatable bonds is 6. The fraction of sp³-hybridized carbons (Fsp3) is 0.421. The number of urea groups is 1. The second-order valence-electron chi connectivity index (χ2n) is 6.52. The van der Waals surface area contributed by atoms with Gasteiger partial charge in [0.25, 0.3) is 0 Å². The minimum atomic E-state index is -0.447. The van der Waals surface area contributed by atoms with Crippen molar-refractivity contribution in [3.8, 4) is 0 Å². The van der Waals surface area contributed by atoms with Crippen LogP contribution in [0.3, 0.4) is 0 Å². The zero-order valence-corrected chi connectivity index (χ0v) is 17.6. The van der Waals surface area contributed by atoms with Crippen molar-refractivity contribution in [1.82, 2.24) is 15.1 Å². The Morgan fingerprint density at radius 1 is 1.25 bits per heavy atom. The Bertz CT molecular complexity index is 777. The van der Waals surface area contributed by atoms with Gasteiger partial charge in [-0.25, -0.2) is 9.59 Å². The number of hydrogen-bond acceptors (Lipinski definition) is 5. The topological polar surface area (TPSA) is 83.1 Å². The lowest BCUT2D eigenvalue weighted by atomic mass is 9.95. The first-order valence-electron chi connectivity index (χ1n) is 8.75. The Hall–Kier alpha value is -2.65. The van der Waals surface area contributed by atoms with E-state index in [9.17, 15) is 9.59 Å². The quantitative estimate of drug-likeness (QED) is 0.425. The molecule has 1 heterocycles. The van der Waals surface area contributed by atoms with Crippen molar-refractivity contribution < 1.29 is 19.1 Å². The summed E-state index contributed by atoms with van der Waals surface area (Å²) in [7, 11) is 6.68. The maximum atomic E-state index is 12.7. The number of amides is 2. The highest BCUT2D eigenvalue weighted by Crippen LogP contribution is 2.31. The maximum absolute atomic E-state index is 12.7. The van der Waals surface area contributed by atoms with Crippen LogP contribution in [0.15, 0.2) is 35.5 Å². The number of esters is 1. The molecule has 0 fully saturated rings. The molecule has 2 N–H and O–H groups in total. The van der Waals surface area contributed by atoms with Gasteiger partial charge in [-0.1, -0.05) is 12.1 Å². The van der Waals surface area contributed by atoms with Gasteiger partial charge in [0.05, 0.1) is 18.2 Å². The summed E-state index contributed by atoms with van der Waals surface area (Å²) < 4.78 is 10.3. The number of carbonyl (C=O) groups excluding carboxylic acids is 2. The van der Waals surface area contributed by atoms with Crippen molar-refractivity contribution in [3.05, 3.63) is 41.1 Å². The number of nitrogens with one attached hydrogen (secondary N) is 2. The number of carbonyl (C=O) groups is 2.